The Labute approximate surface area is 138 Å². The highest BCUT2D eigenvalue weighted by Gasteiger charge is 2.33. The van der Waals surface area contributed by atoms with Gasteiger partial charge in [0, 0.05) is 12.4 Å². The second kappa shape index (κ2) is 5.13. The van der Waals surface area contributed by atoms with Gasteiger partial charge < -0.3 is 0 Å². The van der Waals surface area contributed by atoms with Gasteiger partial charge in [0.2, 0.25) is 0 Å². The number of para-hydroxylation sites is 1. The third-order valence-electron chi connectivity index (χ3n) is 3.81. The molecule has 0 unspecified atom stereocenters. The number of hydrogen-bond donors (Lipinski definition) is 0. The highest BCUT2D eigenvalue weighted by molar-refractivity contribution is 5.79. The summed E-state index contributed by atoms with van der Waals surface area (Å²) in [6.07, 6.45) is -1.98. The topological polar surface area (TPSA) is 65.1 Å². The first-order valence-corrected chi connectivity index (χ1v) is 7.26. The molecule has 0 aliphatic heterocycles. The maximum absolute atomic E-state index is 13.2. The quantitative estimate of drug-likeness (QED) is 0.532. The van der Waals surface area contributed by atoms with Gasteiger partial charge in [-0.15, -0.1) is 5.10 Å². The number of nitrogens with zero attached hydrogens (tertiary/aromatic N) is 5. The molecule has 0 amide bonds. The molecule has 0 saturated heterocycles. The van der Waals surface area contributed by atoms with Gasteiger partial charge in [0.15, 0.2) is 0 Å². The molecular weight excluding hydrogens is 335 g/mol. The average Bonchev–Trinajstić information content (AvgIpc) is 2.95. The fourth-order valence-corrected chi connectivity index (χ4v) is 2.73. The molecule has 4 rings (SSSR count). The summed E-state index contributed by atoms with van der Waals surface area (Å²) in [6.45, 7) is 1.68. The molecule has 1 aromatic carbocycles. The number of pyridine rings is 1. The minimum atomic E-state index is -4.57. The van der Waals surface area contributed by atoms with Gasteiger partial charge in [-0.1, -0.05) is 12.1 Å². The van der Waals surface area contributed by atoms with E-state index in [0.717, 1.165) is 10.6 Å². The monoisotopic (exact) mass is 345 g/mol. The number of rotatable bonds is 1. The fourth-order valence-electron chi connectivity index (χ4n) is 2.73. The molecule has 9 heteroatoms. The van der Waals surface area contributed by atoms with Gasteiger partial charge >= 0.3 is 6.18 Å². The molecule has 3 aromatic heterocycles. The molecule has 0 fully saturated rings. The molecule has 0 N–H and O–H groups in total. The number of aryl methyl sites for hydroxylation is 1. The molecule has 0 bridgehead atoms. The number of halogens is 3. The molecule has 126 valence electrons. The largest absolute Gasteiger partial charge is 0.418 e. The summed E-state index contributed by atoms with van der Waals surface area (Å²) in [7, 11) is 0. The van der Waals surface area contributed by atoms with Crippen LogP contribution in [0.2, 0.25) is 0 Å². The second-order valence-electron chi connectivity index (χ2n) is 5.43. The Hall–Kier alpha value is -3.23. The first kappa shape index (κ1) is 15.3. The molecule has 4 aromatic rings. The van der Waals surface area contributed by atoms with Gasteiger partial charge in [0.25, 0.3) is 11.3 Å². The predicted molar refractivity (Wildman–Crippen MR) is 83.6 cm³/mol. The van der Waals surface area contributed by atoms with Crippen LogP contribution in [0.25, 0.3) is 22.4 Å². The molecule has 3 heterocycles. The van der Waals surface area contributed by atoms with Crippen molar-refractivity contribution in [3.8, 4) is 5.69 Å². The van der Waals surface area contributed by atoms with Gasteiger partial charge in [0.05, 0.1) is 22.2 Å². The molecule has 0 atom stereocenters. The van der Waals surface area contributed by atoms with Crippen molar-refractivity contribution in [1.82, 2.24) is 24.1 Å². The summed E-state index contributed by atoms with van der Waals surface area (Å²) in [5.74, 6) is 0.796. The molecule has 0 spiro atoms. The highest BCUT2D eigenvalue weighted by Crippen LogP contribution is 2.33. The Morgan fingerprint density at radius 3 is 2.64 bits per heavy atom. The summed E-state index contributed by atoms with van der Waals surface area (Å²) < 4.78 is 42.1. The third-order valence-corrected chi connectivity index (χ3v) is 3.81. The fraction of sp³-hybridized carbons (Fsp3) is 0.125. The van der Waals surface area contributed by atoms with Crippen molar-refractivity contribution < 1.29 is 13.2 Å². The first-order valence-electron chi connectivity index (χ1n) is 7.26. The molecule has 0 aliphatic rings. The van der Waals surface area contributed by atoms with E-state index in [1.807, 2.05) is 0 Å². The standard InChI is InChI=1S/C16H10F3N5O/c1-9-21-15-20-8-10-12(24(15)22-9)6-7-23(14(10)25)13-5-3-2-4-11(13)16(17,18)19/h2-8H,1H3. The van der Waals surface area contributed by atoms with Crippen LogP contribution in [0, 0.1) is 6.92 Å². The van der Waals surface area contributed by atoms with Crippen molar-refractivity contribution >= 4 is 16.7 Å². The maximum atomic E-state index is 13.2. The van der Waals surface area contributed by atoms with Crippen LogP contribution in [0.1, 0.15) is 11.4 Å². The van der Waals surface area contributed by atoms with Crippen molar-refractivity contribution in [1.29, 1.82) is 0 Å². The van der Waals surface area contributed by atoms with E-state index in [4.69, 9.17) is 0 Å². The van der Waals surface area contributed by atoms with Crippen molar-refractivity contribution in [2.45, 2.75) is 13.1 Å². The molecule has 25 heavy (non-hydrogen) atoms. The number of benzene rings is 1. The zero-order valence-electron chi connectivity index (χ0n) is 12.8. The molecular formula is C16H10F3N5O. The van der Waals surface area contributed by atoms with E-state index in [1.54, 1.807) is 6.92 Å². The summed E-state index contributed by atoms with van der Waals surface area (Å²) in [5.41, 5.74) is -1.31. The van der Waals surface area contributed by atoms with Crippen LogP contribution in [0.3, 0.4) is 0 Å². The average molecular weight is 345 g/mol. The van der Waals surface area contributed by atoms with Crippen LogP contribution in [-0.4, -0.2) is 24.1 Å². The summed E-state index contributed by atoms with van der Waals surface area (Å²) in [4.78, 5) is 20.9. The van der Waals surface area contributed by atoms with E-state index >= 15 is 0 Å². The summed E-state index contributed by atoms with van der Waals surface area (Å²) >= 11 is 0. The Morgan fingerprint density at radius 2 is 1.88 bits per heavy atom. The minimum absolute atomic E-state index is 0.150. The SMILES string of the molecule is Cc1nc2ncc3c(=O)n(-c4ccccc4C(F)(F)F)ccc3n2n1. The minimum Gasteiger partial charge on any atom is -0.283 e. The smallest absolute Gasteiger partial charge is 0.283 e. The zero-order chi connectivity index (χ0) is 17.8. The van der Waals surface area contributed by atoms with Gasteiger partial charge in [-0.05, 0) is 25.1 Å². The zero-order valence-corrected chi connectivity index (χ0v) is 12.8. The number of hydrogen-bond acceptors (Lipinski definition) is 4. The van der Waals surface area contributed by atoms with Crippen molar-refractivity contribution in [2.24, 2.45) is 0 Å². The summed E-state index contributed by atoms with van der Waals surface area (Å²) in [5, 5.41) is 4.31. The normalized spacial score (nSPS) is 12.2. The van der Waals surface area contributed by atoms with Gasteiger partial charge in [-0.2, -0.15) is 22.7 Å². The van der Waals surface area contributed by atoms with Crippen LogP contribution < -0.4 is 5.56 Å². The van der Waals surface area contributed by atoms with Crippen LogP contribution in [0.4, 0.5) is 13.2 Å². The number of aromatic nitrogens is 5. The Kier molecular flexibility index (Phi) is 3.14. The molecule has 0 aliphatic carbocycles. The van der Waals surface area contributed by atoms with Gasteiger partial charge in [-0.3, -0.25) is 9.36 Å². The predicted octanol–water partition coefficient (Wildman–Crippen LogP) is 2.76. The third kappa shape index (κ3) is 2.35. The lowest BCUT2D eigenvalue weighted by atomic mass is 10.1. The van der Waals surface area contributed by atoms with Crippen LogP contribution in [-0.2, 0) is 6.18 Å². The Balaban J connectivity index is 2.04. The van der Waals surface area contributed by atoms with Crippen molar-refractivity contribution in [3.05, 3.63) is 64.5 Å². The Bertz CT molecular complexity index is 1180. The van der Waals surface area contributed by atoms with E-state index in [2.05, 4.69) is 15.1 Å². The molecule has 0 saturated carbocycles. The lowest BCUT2D eigenvalue weighted by molar-refractivity contribution is -0.137. The van der Waals surface area contributed by atoms with Crippen molar-refractivity contribution in [2.75, 3.05) is 0 Å². The van der Waals surface area contributed by atoms with Crippen LogP contribution in [0.15, 0.2) is 47.5 Å². The van der Waals surface area contributed by atoms with Crippen molar-refractivity contribution in [3.63, 3.8) is 0 Å². The lowest BCUT2D eigenvalue weighted by Crippen LogP contribution is -2.22. The van der Waals surface area contributed by atoms with E-state index in [-0.39, 0.29) is 11.1 Å². The Morgan fingerprint density at radius 1 is 1.12 bits per heavy atom. The van der Waals surface area contributed by atoms with Gasteiger partial charge in [0.1, 0.15) is 5.82 Å². The molecule has 0 radical (unpaired) electrons. The van der Waals surface area contributed by atoms with E-state index < -0.39 is 17.3 Å². The van der Waals surface area contributed by atoms with Gasteiger partial charge in [-0.25, -0.2) is 4.98 Å². The van der Waals surface area contributed by atoms with E-state index in [0.29, 0.717) is 17.1 Å². The van der Waals surface area contributed by atoms with Crippen LogP contribution in [0.5, 0.6) is 0 Å². The van der Waals surface area contributed by atoms with E-state index in [1.165, 1.54) is 41.2 Å². The summed E-state index contributed by atoms with van der Waals surface area (Å²) in [6, 6.07) is 6.44. The maximum Gasteiger partial charge on any atom is 0.418 e. The lowest BCUT2D eigenvalue weighted by Gasteiger charge is -2.14. The van der Waals surface area contributed by atoms with E-state index in [9.17, 15) is 18.0 Å². The molecule has 6 nitrogen and oxygen atoms in total. The first-order chi connectivity index (χ1) is 11.9. The van der Waals surface area contributed by atoms with Crippen LogP contribution >= 0.6 is 0 Å². The second-order valence-corrected chi connectivity index (χ2v) is 5.43. The highest BCUT2D eigenvalue weighted by atomic mass is 19.4. The number of fused-ring (bicyclic) bond motifs is 3. The number of alkyl halides is 3.